The molecule has 0 aliphatic rings. The van der Waals surface area contributed by atoms with Crippen molar-refractivity contribution in [1.82, 2.24) is 4.98 Å². The van der Waals surface area contributed by atoms with E-state index >= 15 is 0 Å². The molecule has 84 valence electrons. The number of benzene rings is 1. The van der Waals surface area contributed by atoms with E-state index in [1.54, 1.807) is 23.1 Å². The summed E-state index contributed by atoms with van der Waals surface area (Å²) in [5.41, 5.74) is 8.06. The van der Waals surface area contributed by atoms with Crippen LogP contribution < -0.4 is 5.73 Å². The third kappa shape index (κ3) is 2.57. The van der Waals surface area contributed by atoms with Crippen LogP contribution in [0.4, 0.5) is 5.13 Å². The second kappa shape index (κ2) is 4.89. The van der Waals surface area contributed by atoms with Gasteiger partial charge in [0.1, 0.15) is 0 Å². The van der Waals surface area contributed by atoms with E-state index in [0.717, 1.165) is 12.1 Å². The van der Waals surface area contributed by atoms with E-state index in [0.29, 0.717) is 5.13 Å². The van der Waals surface area contributed by atoms with Gasteiger partial charge in [-0.1, -0.05) is 12.1 Å². The lowest BCUT2D eigenvalue weighted by Crippen LogP contribution is -1.88. The first-order valence-corrected chi connectivity index (χ1v) is 7.08. The van der Waals surface area contributed by atoms with E-state index in [1.807, 2.05) is 6.92 Å². The van der Waals surface area contributed by atoms with Crippen molar-refractivity contribution in [2.45, 2.75) is 18.2 Å². The minimum Gasteiger partial charge on any atom is -0.375 e. The van der Waals surface area contributed by atoms with E-state index in [2.05, 4.69) is 35.5 Å². The van der Waals surface area contributed by atoms with Gasteiger partial charge in [-0.15, -0.1) is 23.1 Å². The van der Waals surface area contributed by atoms with Gasteiger partial charge in [0.2, 0.25) is 0 Å². The molecule has 2 aromatic rings. The van der Waals surface area contributed by atoms with Gasteiger partial charge in [0, 0.05) is 16.2 Å². The maximum atomic E-state index is 5.69. The van der Waals surface area contributed by atoms with Gasteiger partial charge in [0.25, 0.3) is 0 Å². The van der Waals surface area contributed by atoms with Crippen molar-refractivity contribution in [1.29, 1.82) is 0 Å². The zero-order valence-electron chi connectivity index (χ0n) is 9.36. The molecule has 0 aliphatic heterocycles. The maximum absolute atomic E-state index is 5.69. The fourth-order valence-corrected chi connectivity index (χ4v) is 2.93. The van der Waals surface area contributed by atoms with Gasteiger partial charge in [-0.25, -0.2) is 4.98 Å². The highest BCUT2D eigenvalue weighted by Gasteiger charge is 2.06. The summed E-state index contributed by atoms with van der Waals surface area (Å²) in [4.78, 5) is 6.80. The Morgan fingerprint density at radius 3 is 2.88 bits per heavy atom. The molecule has 0 unspecified atom stereocenters. The van der Waals surface area contributed by atoms with Gasteiger partial charge in [0.05, 0.1) is 5.69 Å². The molecule has 2 N–H and O–H groups in total. The summed E-state index contributed by atoms with van der Waals surface area (Å²) in [7, 11) is 0. The fourth-order valence-electron chi connectivity index (χ4n) is 1.58. The van der Waals surface area contributed by atoms with Crippen LogP contribution in [-0.4, -0.2) is 11.2 Å². The normalized spacial score (nSPS) is 10.6. The van der Waals surface area contributed by atoms with Crippen LogP contribution in [0.5, 0.6) is 0 Å². The lowest BCUT2D eigenvalue weighted by molar-refractivity contribution is 1.14. The molecule has 0 amide bonds. The Balaban J connectivity index is 2.23. The number of nitrogen functional groups attached to an aromatic ring is 1. The number of anilines is 1. The summed E-state index contributed by atoms with van der Waals surface area (Å²) < 4.78 is 0. The van der Waals surface area contributed by atoms with E-state index in [9.17, 15) is 0 Å². The highest BCUT2D eigenvalue weighted by Crippen LogP contribution is 2.24. The molecule has 4 heteroatoms. The van der Waals surface area contributed by atoms with Gasteiger partial charge in [0.15, 0.2) is 5.13 Å². The molecule has 0 radical (unpaired) electrons. The fraction of sp³-hybridized carbons (Fsp3) is 0.250. The summed E-state index contributed by atoms with van der Waals surface area (Å²) in [5, 5.41) is 0.661. The van der Waals surface area contributed by atoms with Crippen LogP contribution in [0.3, 0.4) is 0 Å². The first-order valence-electron chi connectivity index (χ1n) is 5.03. The van der Waals surface area contributed by atoms with Crippen molar-refractivity contribution < 1.29 is 0 Å². The number of aryl methyl sites for hydroxylation is 1. The molecule has 0 saturated heterocycles. The van der Waals surface area contributed by atoms with Crippen LogP contribution in [0.25, 0.3) is 0 Å². The highest BCUT2D eigenvalue weighted by atomic mass is 32.2. The van der Waals surface area contributed by atoms with Gasteiger partial charge < -0.3 is 5.73 Å². The van der Waals surface area contributed by atoms with Crippen molar-refractivity contribution in [3.05, 3.63) is 40.4 Å². The smallest absolute Gasteiger partial charge is 0.180 e. The number of rotatable bonds is 3. The molecule has 1 aromatic heterocycles. The average Bonchev–Trinajstić information content (AvgIpc) is 2.58. The molecule has 0 atom stereocenters. The van der Waals surface area contributed by atoms with Crippen molar-refractivity contribution in [2.24, 2.45) is 0 Å². The molecule has 1 aromatic carbocycles. The minimum absolute atomic E-state index is 0.661. The first-order chi connectivity index (χ1) is 7.69. The Kier molecular flexibility index (Phi) is 3.51. The third-order valence-corrected chi connectivity index (χ3v) is 4.12. The van der Waals surface area contributed by atoms with E-state index in [-0.39, 0.29) is 0 Å². The second-order valence-corrected chi connectivity index (χ2v) is 5.58. The molecule has 0 fully saturated rings. The lowest BCUT2D eigenvalue weighted by Gasteiger charge is -2.02. The summed E-state index contributed by atoms with van der Waals surface area (Å²) in [6.07, 6.45) is 3.02. The standard InChI is InChI=1S/C12H14N2S2/c1-8-11(16-12(13)14-8)7-9-4-3-5-10(6-9)15-2/h3-6H,7H2,1-2H3,(H2,13,14). The first kappa shape index (κ1) is 11.5. The molecule has 2 nitrogen and oxygen atoms in total. The highest BCUT2D eigenvalue weighted by molar-refractivity contribution is 7.98. The Hall–Kier alpha value is -1.00. The van der Waals surface area contributed by atoms with Crippen LogP contribution in [0, 0.1) is 6.92 Å². The molecule has 0 spiro atoms. The van der Waals surface area contributed by atoms with E-state index in [1.165, 1.54) is 15.3 Å². The molecule has 16 heavy (non-hydrogen) atoms. The minimum atomic E-state index is 0.661. The largest absolute Gasteiger partial charge is 0.375 e. The zero-order chi connectivity index (χ0) is 11.5. The van der Waals surface area contributed by atoms with Crippen molar-refractivity contribution in [2.75, 3.05) is 12.0 Å². The van der Waals surface area contributed by atoms with Crippen molar-refractivity contribution in [3.8, 4) is 0 Å². The lowest BCUT2D eigenvalue weighted by atomic mass is 10.1. The Bertz CT molecular complexity index is 492. The van der Waals surface area contributed by atoms with Gasteiger partial charge in [-0.2, -0.15) is 0 Å². The number of hydrogen-bond donors (Lipinski definition) is 1. The number of nitrogens with two attached hydrogens (primary N) is 1. The average molecular weight is 250 g/mol. The van der Waals surface area contributed by atoms with Gasteiger partial charge >= 0.3 is 0 Å². The third-order valence-electron chi connectivity index (χ3n) is 2.41. The predicted octanol–water partition coefficient (Wildman–Crippen LogP) is 3.35. The van der Waals surface area contributed by atoms with Gasteiger partial charge in [-0.3, -0.25) is 0 Å². The summed E-state index contributed by atoms with van der Waals surface area (Å²) in [6, 6.07) is 8.60. The van der Waals surface area contributed by atoms with Crippen molar-refractivity contribution >= 4 is 28.2 Å². The Morgan fingerprint density at radius 2 is 2.25 bits per heavy atom. The van der Waals surface area contributed by atoms with E-state index < -0.39 is 0 Å². The van der Waals surface area contributed by atoms with Gasteiger partial charge in [-0.05, 0) is 30.9 Å². The number of nitrogens with zero attached hydrogens (tertiary/aromatic N) is 1. The molecule has 0 aliphatic carbocycles. The number of aromatic nitrogens is 1. The monoisotopic (exact) mass is 250 g/mol. The molecule has 1 heterocycles. The SMILES string of the molecule is CSc1cccc(Cc2sc(N)nc2C)c1. The van der Waals surface area contributed by atoms with Crippen LogP contribution in [0.1, 0.15) is 16.1 Å². The Morgan fingerprint density at radius 1 is 1.44 bits per heavy atom. The molecule has 0 bridgehead atoms. The summed E-state index contributed by atoms with van der Waals surface area (Å²) >= 11 is 3.35. The maximum Gasteiger partial charge on any atom is 0.180 e. The topological polar surface area (TPSA) is 38.9 Å². The summed E-state index contributed by atoms with van der Waals surface area (Å²) in [6.45, 7) is 2.01. The van der Waals surface area contributed by atoms with Crippen molar-refractivity contribution in [3.63, 3.8) is 0 Å². The molecule has 0 saturated carbocycles. The number of thiazole rings is 1. The van der Waals surface area contributed by atoms with Crippen LogP contribution >= 0.6 is 23.1 Å². The number of thioether (sulfide) groups is 1. The quantitative estimate of drug-likeness (QED) is 0.849. The zero-order valence-corrected chi connectivity index (χ0v) is 11.0. The molecule has 2 rings (SSSR count). The van der Waals surface area contributed by atoms with Crippen LogP contribution in [0.2, 0.25) is 0 Å². The Labute approximate surface area is 104 Å². The van der Waals surface area contributed by atoms with Crippen LogP contribution in [0.15, 0.2) is 29.2 Å². The summed E-state index contributed by atoms with van der Waals surface area (Å²) in [5.74, 6) is 0. The number of hydrogen-bond acceptors (Lipinski definition) is 4. The van der Waals surface area contributed by atoms with Crippen LogP contribution in [-0.2, 0) is 6.42 Å². The molecular formula is C12H14N2S2. The predicted molar refractivity (Wildman–Crippen MR) is 72.3 cm³/mol. The second-order valence-electron chi connectivity index (χ2n) is 3.59. The molecular weight excluding hydrogens is 236 g/mol. The van der Waals surface area contributed by atoms with E-state index in [4.69, 9.17) is 5.73 Å².